The van der Waals surface area contributed by atoms with Crippen molar-refractivity contribution >= 4 is 63.7 Å². The number of hydrogen-bond donors (Lipinski definition) is 0. The molecule has 2 unspecified atom stereocenters. The van der Waals surface area contributed by atoms with Gasteiger partial charge in [0.1, 0.15) is 10.0 Å². The number of rotatable bonds is 10. The maximum absolute atomic E-state index is 5.72. The molecule has 0 aliphatic carbocycles. The molecule has 0 heterocycles. The molecule has 20 heavy (non-hydrogen) atoms. The fourth-order valence-corrected chi connectivity index (χ4v) is 4.30. The smallest absolute Gasteiger partial charge is 0.113 e. The lowest BCUT2D eigenvalue weighted by Crippen LogP contribution is -2.06. The van der Waals surface area contributed by atoms with Crippen LogP contribution >= 0.6 is 63.7 Å². The molecule has 0 bridgehead atoms. The third kappa shape index (κ3) is 8.49. The van der Waals surface area contributed by atoms with Crippen molar-refractivity contribution < 1.29 is 9.47 Å². The quantitative estimate of drug-likeness (QED) is 0.355. The molecule has 0 aromatic heterocycles. The lowest BCUT2D eigenvalue weighted by atomic mass is 10.1. The highest BCUT2D eigenvalue weighted by atomic mass is 79.9. The summed E-state index contributed by atoms with van der Waals surface area (Å²) in [5.41, 5.74) is 2.33. The van der Waals surface area contributed by atoms with E-state index in [1.165, 1.54) is 0 Å². The van der Waals surface area contributed by atoms with Crippen molar-refractivity contribution in [2.75, 3.05) is 10.7 Å². The van der Waals surface area contributed by atoms with Crippen LogP contribution < -0.4 is 0 Å². The van der Waals surface area contributed by atoms with Crippen LogP contribution in [-0.2, 0) is 22.7 Å². The second-order valence-corrected chi connectivity index (χ2v) is 7.85. The van der Waals surface area contributed by atoms with E-state index in [1.807, 2.05) is 6.07 Å². The highest BCUT2D eigenvalue weighted by Crippen LogP contribution is 2.16. The molecule has 1 aromatic carbocycles. The first kappa shape index (κ1) is 19.1. The monoisotopic (exact) mass is 534 g/mol. The first-order valence-corrected chi connectivity index (χ1v) is 10.4. The second-order valence-electron chi connectivity index (χ2n) is 4.22. The Balaban J connectivity index is 2.41. The van der Waals surface area contributed by atoms with Crippen molar-refractivity contribution in [3.63, 3.8) is 0 Å². The average molecular weight is 538 g/mol. The molecule has 0 N–H and O–H groups in total. The van der Waals surface area contributed by atoms with Crippen LogP contribution in [0.3, 0.4) is 0 Å². The molecule has 1 aromatic rings. The Morgan fingerprint density at radius 1 is 0.850 bits per heavy atom. The molecule has 2 nitrogen and oxygen atoms in total. The van der Waals surface area contributed by atoms with Gasteiger partial charge in [0.2, 0.25) is 0 Å². The molecule has 0 aliphatic rings. The Bertz CT molecular complexity index is 345. The fourth-order valence-electron chi connectivity index (χ4n) is 1.52. The average Bonchev–Trinajstić information content (AvgIpc) is 2.44. The zero-order valence-corrected chi connectivity index (χ0v) is 17.4. The van der Waals surface area contributed by atoms with Crippen molar-refractivity contribution in [3.8, 4) is 0 Å². The summed E-state index contributed by atoms with van der Waals surface area (Å²) < 4.78 is 11.4. The molecule has 0 saturated carbocycles. The van der Waals surface area contributed by atoms with Crippen LogP contribution in [0.4, 0.5) is 0 Å². The van der Waals surface area contributed by atoms with Crippen LogP contribution in [0, 0.1) is 0 Å². The summed E-state index contributed by atoms with van der Waals surface area (Å²) in [4.78, 5) is 0. The van der Waals surface area contributed by atoms with E-state index in [-0.39, 0.29) is 10.0 Å². The largest absolute Gasteiger partial charge is 0.362 e. The molecule has 0 amide bonds. The summed E-state index contributed by atoms with van der Waals surface area (Å²) in [6, 6.07) is 8.31. The summed E-state index contributed by atoms with van der Waals surface area (Å²) >= 11 is 13.8. The van der Waals surface area contributed by atoms with Crippen molar-refractivity contribution in [3.05, 3.63) is 35.4 Å². The van der Waals surface area contributed by atoms with Gasteiger partial charge in [-0.3, -0.25) is 0 Å². The number of alkyl halides is 4. The van der Waals surface area contributed by atoms with Gasteiger partial charge in [-0.2, -0.15) is 0 Å². The molecule has 0 aliphatic heterocycles. The molecule has 0 saturated heterocycles. The Morgan fingerprint density at radius 2 is 1.30 bits per heavy atom. The van der Waals surface area contributed by atoms with Crippen LogP contribution in [0.2, 0.25) is 0 Å². The summed E-state index contributed by atoms with van der Waals surface area (Å²) in [7, 11) is 0. The summed E-state index contributed by atoms with van der Waals surface area (Å²) in [5.74, 6) is 0. The lowest BCUT2D eigenvalue weighted by molar-refractivity contribution is 0.0985. The molecule has 114 valence electrons. The van der Waals surface area contributed by atoms with E-state index in [4.69, 9.17) is 9.47 Å². The van der Waals surface area contributed by atoms with Gasteiger partial charge in [0, 0.05) is 10.7 Å². The first-order valence-electron chi connectivity index (χ1n) is 6.36. The van der Waals surface area contributed by atoms with Crippen LogP contribution in [0.5, 0.6) is 0 Å². The van der Waals surface area contributed by atoms with E-state index in [1.54, 1.807) is 0 Å². The second kappa shape index (κ2) is 11.6. The molecule has 6 heteroatoms. The highest BCUT2D eigenvalue weighted by Gasteiger charge is 2.06. The zero-order chi connectivity index (χ0) is 14.8. The number of halogens is 4. The minimum absolute atomic E-state index is 0.0904. The molecular weight excluding hydrogens is 520 g/mol. The van der Waals surface area contributed by atoms with Crippen LogP contribution in [0.15, 0.2) is 24.3 Å². The Kier molecular flexibility index (Phi) is 11.1. The third-order valence-corrected chi connectivity index (χ3v) is 4.89. The van der Waals surface area contributed by atoms with Gasteiger partial charge in [0.25, 0.3) is 0 Å². The third-order valence-electron chi connectivity index (χ3n) is 2.53. The van der Waals surface area contributed by atoms with Gasteiger partial charge < -0.3 is 9.47 Å². The summed E-state index contributed by atoms with van der Waals surface area (Å²) in [6.07, 6.45) is 1.89. The molecule has 0 spiro atoms. The van der Waals surface area contributed by atoms with Gasteiger partial charge in [0.15, 0.2) is 0 Å². The van der Waals surface area contributed by atoms with E-state index in [2.05, 4.69) is 81.9 Å². The maximum Gasteiger partial charge on any atom is 0.113 e. The minimum Gasteiger partial charge on any atom is -0.362 e. The van der Waals surface area contributed by atoms with Gasteiger partial charge in [-0.15, -0.1) is 0 Å². The first-order chi connectivity index (χ1) is 9.65. The minimum atomic E-state index is 0.0904. The van der Waals surface area contributed by atoms with E-state index in [0.29, 0.717) is 13.2 Å². The maximum atomic E-state index is 5.72. The predicted octanol–water partition coefficient (Wildman–Crippen LogP) is 5.73. The van der Waals surface area contributed by atoms with Gasteiger partial charge in [-0.05, 0) is 24.0 Å². The van der Waals surface area contributed by atoms with Gasteiger partial charge in [-0.1, -0.05) is 88.0 Å². The Morgan fingerprint density at radius 3 is 1.70 bits per heavy atom. The number of ether oxygens (including phenoxy) is 2. The number of benzene rings is 1. The Hall–Kier alpha value is 1.06. The van der Waals surface area contributed by atoms with Crippen molar-refractivity contribution in [2.24, 2.45) is 0 Å². The van der Waals surface area contributed by atoms with E-state index in [9.17, 15) is 0 Å². The van der Waals surface area contributed by atoms with Gasteiger partial charge in [0.05, 0.1) is 13.2 Å². The fraction of sp³-hybridized carbons (Fsp3) is 0.571. The van der Waals surface area contributed by atoms with Crippen molar-refractivity contribution in [1.82, 2.24) is 0 Å². The zero-order valence-electron chi connectivity index (χ0n) is 11.0. The number of hydrogen-bond acceptors (Lipinski definition) is 2. The van der Waals surface area contributed by atoms with Crippen LogP contribution in [0.1, 0.15) is 24.0 Å². The van der Waals surface area contributed by atoms with Crippen molar-refractivity contribution in [2.45, 2.75) is 36.1 Å². The van der Waals surface area contributed by atoms with Gasteiger partial charge >= 0.3 is 0 Å². The molecule has 0 fully saturated rings. The van der Waals surface area contributed by atoms with Crippen molar-refractivity contribution in [1.29, 1.82) is 0 Å². The standard InChI is InChI=1S/C14H18Br4O2/c15-6-4-13(17)19-9-11-2-1-3-12(8-11)10-20-14(18)5-7-16/h1-3,8,13-14H,4-7,9-10H2. The van der Waals surface area contributed by atoms with E-state index in [0.717, 1.165) is 34.6 Å². The van der Waals surface area contributed by atoms with E-state index >= 15 is 0 Å². The summed E-state index contributed by atoms with van der Waals surface area (Å²) in [6.45, 7) is 1.21. The summed E-state index contributed by atoms with van der Waals surface area (Å²) in [5, 5.41) is 2.04. The van der Waals surface area contributed by atoms with E-state index < -0.39 is 0 Å². The topological polar surface area (TPSA) is 18.5 Å². The van der Waals surface area contributed by atoms with Gasteiger partial charge in [-0.25, -0.2) is 0 Å². The normalized spacial score (nSPS) is 14.2. The molecule has 0 radical (unpaired) electrons. The molecule has 2 atom stereocenters. The predicted molar refractivity (Wildman–Crippen MR) is 98.3 cm³/mol. The Labute approximate surface area is 154 Å². The SMILES string of the molecule is BrCCC(Br)OCc1cccc(COC(Br)CCBr)c1. The van der Waals surface area contributed by atoms with Crippen LogP contribution in [0.25, 0.3) is 0 Å². The highest BCUT2D eigenvalue weighted by molar-refractivity contribution is 9.10. The molecular formula is C14H18Br4O2. The molecule has 1 rings (SSSR count). The van der Waals surface area contributed by atoms with Crippen LogP contribution in [-0.4, -0.2) is 20.7 Å². The lowest BCUT2D eigenvalue weighted by Gasteiger charge is -2.12.